The number of carbonyl (C=O) groups is 2. The zero-order valence-electron chi connectivity index (χ0n) is 14.6. The lowest BCUT2D eigenvalue weighted by molar-refractivity contribution is -0.147. The molecule has 0 fully saturated rings. The molecular formula is C16H24N4O4. The molecule has 0 aromatic carbocycles. The van der Waals surface area contributed by atoms with Crippen molar-refractivity contribution in [2.24, 2.45) is 22.1 Å². The third-order valence-electron chi connectivity index (χ3n) is 3.35. The highest BCUT2D eigenvalue weighted by atomic mass is 16.5. The van der Waals surface area contributed by atoms with Crippen LogP contribution >= 0.6 is 0 Å². The number of azo groups is 1. The van der Waals surface area contributed by atoms with E-state index in [0.29, 0.717) is 12.8 Å². The Morgan fingerprint density at radius 3 is 1.38 bits per heavy atom. The minimum Gasteiger partial charge on any atom is -0.464 e. The van der Waals surface area contributed by atoms with Gasteiger partial charge < -0.3 is 9.47 Å². The number of hydrogen-bond acceptors (Lipinski definition) is 8. The highest BCUT2D eigenvalue weighted by Gasteiger charge is 2.32. The second-order valence-corrected chi connectivity index (χ2v) is 4.91. The predicted octanol–water partition coefficient (Wildman–Crippen LogP) is 2.40. The average Bonchev–Trinajstić information content (AvgIpc) is 2.57. The number of hydrogen-bond donors (Lipinski definition) is 0. The number of ether oxygens (including phenoxy) is 2. The van der Waals surface area contributed by atoms with E-state index in [4.69, 9.17) is 9.47 Å². The molecule has 0 saturated heterocycles. The molecule has 0 aromatic rings. The van der Waals surface area contributed by atoms with Gasteiger partial charge in [-0.1, -0.05) is 13.8 Å². The summed E-state index contributed by atoms with van der Waals surface area (Å²) in [7, 11) is 0. The van der Waals surface area contributed by atoms with Gasteiger partial charge in [0, 0.05) is 0 Å². The second kappa shape index (κ2) is 12.0. The molecular weight excluding hydrogens is 312 g/mol. The van der Waals surface area contributed by atoms with Gasteiger partial charge in [-0.3, -0.25) is 0 Å². The van der Waals surface area contributed by atoms with Crippen LogP contribution in [0.1, 0.15) is 40.5 Å². The van der Waals surface area contributed by atoms with Crippen LogP contribution in [0.4, 0.5) is 0 Å². The van der Waals surface area contributed by atoms with Crippen molar-refractivity contribution >= 4 is 11.9 Å². The Balaban J connectivity index is 5.56. The van der Waals surface area contributed by atoms with Gasteiger partial charge in [-0.25, -0.2) is 9.59 Å². The normalized spacial score (nSPS) is 15.6. The summed E-state index contributed by atoms with van der Waals surface area (Å²) in [6.45, 7) is 7.05. The molecule has 0 aromatic heterocycles. The van der Waals surface area contributed by atoms with Gasteiger partial charge in [0.15, 0.2) is 12.1 Å². The fourth-order valence-electron chi connectivity index (χ4n) is 1.95. The van der Waals surface area contributed by atoms with Gasteiger partial charge >= 0.3 is 11.9 Å². The number of rotatable bonds is 10. The first-order chi connectivity index (χ1) is 11.5. The Morgan fingerprint density at radius 2 is 1.17 bits per heavy atom. The predicted molar refractivity (Wildman–Crippen MR) is 84.5 cm³/mol. The lowest BCUT2D eigenvalue weighted by Crippen LogP contribution is -2.32. The second-order valence-electron chi connectivity index (χ2n) is 4.91. The molecule has 8 nitrogen and oxygen atoms in total. The zero-order chi connectivity index (χ0) is 18.5. The average molecular weight is 336 g/mol. The van der Waals surface area contributed by atoms with Crippen LogP contribution in [-0.2, 0) is 19.1 Å². The maximum absolute atomic E-state index is 12.0. The van der Waals surface area contributed by atoms with Gasteiger partial charge in [0.05, 0.1) is 37.2 Å². The van der Waals surface area contributed by atoms with Crippen LogP contribution in [-0.4, -0.2) is 37.2 Å². The first kappa shape index (κ1) is 21.5. The Hall–Kier alpha value is -2.48. The maximum atomic E-state index is 12.0. The summed E-state index contributed by atoms with van der Waals surface area (Å²) in [6.07, 6.45) is 0.747. The van der Waals surface area contributed by atoms with Gasteiger partial charge in [0.2, 0.25) is 0 Å². The molecule has 0 bridgehead atoms. The topological polar surface area (TPSA) is 125 Å². The summed E-state index contributed by atoms with van der Waals surface area (Å²) in [5, 5.41) is 26.1. The van der Waals surface area contributed by atoms with Crippen molar-refractivity contribution in [1.29, 1.82) is 10.5 Å². The van der Waals surface area contributed by atoms with Crippen molar-refractivity contribution in [2.45, 2.75) is 52.6 Å². The molecule has 8 heteroatoms. The minimum atomic E-state index is -1.13. The van der Waals surface area contributed by atoms with E-state index in [9.17, 15) is 20.1 Å². The summed E-state index contributed by atoms with van der Waals surface area (Å²) in [5.74, 6) is -2.81. The van der Waals surface area contributed by atoms with E-state index < -0.39 is 35.9 Å². The summed E-state index contributed by atoms with van der Waals surface area (Å²) < 4.78 is 9.83. The number of esters is 2. The lowest BCUT2D eigenvalue weighted by Gasteiger charge is -2.17. The van der Waals surface area contributed by atoms with Gasteiger partial charge in [-0.05, 0) is 26.7 Å². The molecule has 0 heterocycles. The Kier molecular flexibility index (Phi) is 10.8. The molecule has 4 atom stereocenters. The van der Waals surface area contributed by atoms with E-state index in [1.807, 2.05) is 12.1 Å². The fraction of sp³-hybridized carbons (Fsp3) is 0.750. The van der Waals surface area contributed by atoms with Crippen molar-refractivity contribution in [3.05, 3.63) is 0 Å². The van der Waals surface area contributed by atoms with Crippen molar-refractivity contribution in [1.82, 2.24) is 0 Å². The molecule has 0 aliphatic heterocycles. The summed E-state index contributed by atoms with van der Waals surface area (Å²) in [5.41, 5.74) is 0. The molecule has 0 aliphatic rings. The third-order valence-corrected chi connectivity index (χ3v) is 3.35. The SMILES string of the molecule is CCOC(=O)C(N=NC(C(=O)OCC)C(C#N)CC)C(C#N)CC. The Labute approximate surface area is 142 Å². The molecule has 0 spiro atoms. The van der Waals surface area contributed by atoms with E-state index >= 15 is 0 Å². The van der Waals surface area contributed by atoms with E-state index in [2.05, 4.69) is 10.2 Å². The molecule has 0 saturated carbocycles. The quantitative estimate of drug-likeness (QED) is 0.445. The summed E-state index contributed by atoms with van der Waals surface area (Å²) >= 11 is 0. The number of carbonyl (C=O) groups excluding carboxylic acids is 2. The van der Waals surface area contributed by atoms with Crippen LogP contribution in [0.25, 0.3) is 0 Å². The van der Waals surface area contributed by atoms with Crippen LogP contribution in [0.15, 0.2) is 10.2 Å². The van der Waals surface area contributed by atoms with Crippen molar-refractivity contribution in [3.63, 3.8) is 0 Å². The smallest absolute Gasteiger partial charge is 0.334 e. The summed E-state index contributed by atoms with van der Waals surface area (Å²) in [6, 6.07) is 1.72. The molecule has 0 N–H and O–H groups in total. The van der Waals surface area contributed by atoms with Crippen LogP contribution in [0, 0.1) is 34.5 Å². The van der Waals surface area contributed by atoms with E-state index in [1.54, 1.807) is 27.7 Å². The fourth-order valence-corrected chi connectivity index (χ4v) is 1.95. The standard InChI is InChI=1S/C16H24N4O4/c1-5-11(9-17)13(15(21)23-7-3)19-20-14(12(6-2)10-18)16(22)24-8-4/h11-14H,5-8H2,1-4H3. The van der Waals surface area contributed by atoms with Crippen molar-refractivity contribution < 1.29 is 19.1 Å². The lowest BCUT2D eigenvalue weighted by atomic mass is 9.98. The largest absolute Gasteiger partial charge is 0.464 e. The van der Waals surface area contributed by atoms with Gasteiger partial charge in [0.25, 0.3) is 0 Å². The molecule has 132 valence electrons. The van der Waals surface area contributed by atoms with Gasteiger partial charge in [-0.15, -0.1) is 0 Å². The van der Waals surface area contributed by atoms with Crippen LogP contribution in [0.3, 0.4) is 0 Å². The molecule has 0 aliphatic carbocycles. The number of nitriles is 2. The van der Waals surface area contributed by atoms with Crippen molar-refractivity contribution in [3.8, 4) is 12.1 Å². The minimum absolute atomic E-state index is 0.143. The van der Waals surface area contributed by atoms with E-state index in [1.165, 1.54) is 0 Å². The molecule has 0 amide bonds. The van der Waals surface area contributed by atoms with Crippen LogP contribution < -0.4 is 0 Å². The first-order valence-electron chi connectivity index (χ1n) is 8.02. The molecule has 0 rings (SSSR count). The van der Waals surface area contributed by atoms with Crippen molar-refractivity contribution in [2.75, 3.05) is 13.2 Å². The first-order valence-corrected chi connectivity index (χ1v) is 8.02. The van der Waals surface area contributed by atoms with Gasteiger partial charge in [0.1, 0.15) is 0 Å². The van der Waals surface area contributed by atoms with Crippen LogP contribution in [0.2, 0.25) is 0 Å². The van der Waals surface area contributed by atoms with Gasteiger partial charge in [-0.2, -0.15) is 20.8 Å². The number of nitrogens with zero attached hydrogens (tertiary/aromatic N) is 4. The third kappa shape index (κ3) is 6.33. The van der Waals surface area contributed by atoms with E-state index in [-0.39, 0.29) is 13.2 Å². The Morgan fingerprint density at radius 1 is 0.833 bits per heavy atom. The highest BCUT2D eigenvalue weighted by Crippen LogP contribution is 2.18. The molecule has 4 unspecified atom stereocenters. The zero-order valence-corrected chi connectivity index (χ0v) is 14.6. The highest BCUT2D eigenvalue weighted by molar-refractivity contribution is 5.78. The van der Waals surface area contributed by atoms with E-state index in [0.717, 1.165) is 0 Å². The molecule has 0 radical (unpaired) electrons. The summed E-state index contributed by atoms with van der Waals surface area (Å²) in [4.78, 5) is 24.0. The Bertz CT molecular complexity index is 475. The molecule has 24 heavy (non-hydrogen) atoms. The monoisotopic (exact) mass is 336 g/mol. The van der Waals surface area contributed by atoms with Crippen LogP contribution in [0.5, 0.6) is 0 Å². The maximum Gasteiger partial charge on any atom is 0.334 e.